The van der Waals surface area contributed by atoms with E-state index in [-0.39, 0.29) is 5.84 Å². The van der Waals surface area contributed by atoms with Gasteiger partial charge in [0.05, 0.1) is 13.2 Å². The van der Waals surface area contributed by atoms with E-state index >= 15 is 0 Å². The van der Waals surface area contributed by atoms with Gasteiger partial charge in [-0.15, -0.1) is 0 Å². The van der Waals surface area contributed by atoms with E-state index in [0.29, 0.717) is 18.8 Å². The van der Waals surface area contributed by atoms with E-state index in [1.54, 1.807) is 12.1 Å². The molecule has 0 unspecified atom stereocenters. The van der Waals surface area contributed by atoms with Gasteiger partial charge >= 0.3 is 5.91 Å². The molecule has 18 heavy (non-hydrogen) atoms. The lowest BCUT2D eigenvalue weighted by atomic mass is 10.2. The van der Waals surface area contributed by atoms with Crippen LogP contribution in [0, 0.1) is 0 Å². The van der Waals surface area contributed by atoms with Crippen molar-refractivity contribution in [3.05, 3.63) is 35.9 Å². The van der Waals surface area contributed by atoms with Crippen molar-refractivity contribution in [2.45, 2.75) is 9.70 Å². The maximum absolute atomic E-state index is 5.87. The first kappa shape index (κ1) is 13.9. The van der Waals surface area contributed by atoms with Crippen molar-refractivity contribution >= 4 is 40.6 Å². The normalized spacial score (nSPS) is 20.1. The Morgan fingerprint density at radius 1 is 1.17 bits per heavy atom. The highest BCUT2D eigenvalue weighted by Crippen LogP contribution is 2.44. The summed E-state index contributed by atoms with van der Waals surface area (Å²) in [6.07, 6.45) is 0. The molecule has 0 aromatic heterocycles. The van der Waals surface area contributed by atoms with Crippen LogP contribution in [-0.4, -0.2) is 28.8 Å². The van der Waals surface area contributed by atoms with Gasteiger partial charge in [-0.3, -0.25) is 0 Å². The Morgan fingerprint density at radius 3 is 2.22 bits per heavy atom. The fourth-order valence-electron chi connectivity index (χ4n) is 1.53. The smallest absolute Gasteiger partial charge is 0.321 e. The molecule has 0 aliphatic carbocycles. The maximum Gasteiger partial charge on any atom is 0.321 e. The van der Waals surface area contributed by atoms with Crippen LogP contribution in [0.4, 0.5) is 0 Å². The van der Waals surface area contributed by atoms with E-state index in [0.717, 1.165) is 0 Å². The van der Waals surface area contributed by atoms with E-state index in [1.807, 2.05) is 18.2 Å². The lowest BCUT2D eigenvalue weighted by Crippen LogP contribution is -2.44. The third-order valence-electron chi connectivity index (χ3n) is 2.37. The van der Waals surface area contributed by atoms with E-state index in [1.165, 1.54) is 0 Å². The Hall–Kier alpha value is -0.520. The summed E-state index contributed by atoms with van der Waals surface area (Å²) in [5.74, 6) is -1.50. The molecule has 1 saturated heterocycles. The van der Waals surface area contributed by atoms with Crippen LogP contribution < -0.4 is 5.73 Å². The molecule has 7 heteroatoms. The minimum absolute atomic E-state index is 0.184. The van der Waals surface area contributed by atoms with Crippen LogP contribution in [0.15, 0.2) is 35.3 Å². The summed E-state index contributed by atoms with van der Waals surface area (Å²) in [6, 6.07) is 9.11. The maximum atomic E-state index is 5.87. The second-order valence-corrected chi connectivity index (χ2v) is 5.92. The number of amidine groups is 1. The van der Waals surface area contributed by atoms with E-state index in [4.69, 9.17) is 50.0 Å². The topological polar surface area (TPSA) is 56.8 Å². The van der Waals surface area contributed by atoms with E-state index in [9.17, 15) is 0 Å². The Morgan fingerprint density at radius 2 is 1.72 bits per heavy atom. The zero-order valence-electron chi connectivity index (χ0n) is 9.28. The van der Waals surface area contributed by atoms with Gasteiger partial charge in [0, 0.05) is 5.56 Å². The van der Waals surface area contributed by atoms with Crippen molar-refractivity contribution < 1.29 is 9.47 Å². The molecule has 2 rings (SSSR count). The number of alkyl halides is 3. The quantitative estimate of drug-likeness (QED) is 0.519. The largest absolute Gasteiger partial charge is 0.383 e. The molecule has 1 aliphatic rings. The average Bonchev–Trinajstić information content (AvgIpc) is 2.79. The van der Waals surface area contributed by atoms with Crippen LogP contribution in [0.25, 0.3) is 0 Å². The van der Waals surface area contributed by atoms with Crippen molar-refractivity contribution in [2.75, 3.05) is 13.2 Å². The van der Waals surface area contributed by atoms with E-state index < -0.39 is 9.70 Å². The molecule has 98 valence electrons. The summed E-state index contributed by atoms with van der Waals surface area (Å²) >= 11 is 17.5. The van der Waals surface area contributed by atoms with Crippen LogP contribution in [0.2, 0.25) is 0 Å². The number of aliphatic imine (C=N–C) groups is 1. The Bertz CT molecular complexity index is 439. The monoisotopic (exact) mass is 308 g/mol. The summed E-state index contributed by atoms with van der Waals surface area (Å²) in [7, 11) is 0. The molecule has 0 saturated carbocycles. The number of ether oxygens (including phenoxy) is 2. The fraction of sp³-hybridized carbons (Fsp3) is 0.364. The summed E-state index contributed by atoms with van der Waals surface area (Å²) < 4.78 is 8.76. The third-order valence-corrected chi connectivity index (χ3v) is 3.09. The number of nitrogens with zero attached hydrogens (tertiary/aromatic N) is 1. The molecule has 2 N–H and O–H groups in total. The molecule has 4 nitrogen and oxygen atoms in total. The van der Waals surface area contributed by atoms with Gasteiger partial charge in [-0.25, -0.2) is 4.99 Å². The Labute approximate surface area is 120 Å². The van der Waals surface area contributed by atoms with E-state index in [2.05, 4.69) is 4.99 Å². The van der Waals surface area contributed by atoms with Gasteiger partial charge in [0.15, 0.2) is 0 Å². The summed E-state index contributed by atoms with van der Waals surface area (Å²) in [5.41, 5.74) is 6.57. The van der Waals surface area contributed by atoms with Crippen LogP contribution in [-0.2, 0) is 9.47 Å². The van der Waals surface area contributed by atoms with Gasteiger partial charge < -0.3 is 15.2 Å². The molecule has 0 bridgehead atoms. The van der Waals surface area contributed by atoms with Crippen molar-refractivity contribution in [3.8, 4) is 0 Å². The molecule has 0 atom stereocenters. The summed E-state index contributed by atoms with van der Waals surface area (Å²) in [4.78, 5) is 4.10. The van der Waals surface area contributed by atoms with Crippen LogP contribution in [0.1, 0.15) is 5.56 Å². The lowest BCUT2D eigenvalue weighted by Gasteiger charge is -2.29. The lowest BCUT2D eigenvalue weighted by molar-refractivity contribution is -0.145. The molecule has 1 heterocycles. The first-order valence-electron chi connectivity index (χ1n) is 5.20. The zero-order chi connectivity index (χ0) is 13.2. The SMILES string of the molecule is NC(=NC1(C(Cl)(Cl)Cl)OCCO1)c1ccccc1. The van der Waals surface area contributed by atoms with Crippen molar-refractivity contribution in [3.63, 3.8) is 0 Å². The molecular weight excluding hydrogens is 298 g/mol. The first-order chi connectivity index (χ1) is 8.45. The van der Waals surface area contributed by atoms with Crippen molar-refractivity contribution in [2.24, 2.45) is 10.7 Å². The molecule has 0 radical (unpaired) electrons. The number of benzene rings is 1. The molecule has 0 spiro atoms. The number of hydrogen-bond acceptors (Lipinski definition) is 3. The molecule has 1 fully saturated rings. The highest BCUT2D eigenvalue weighted by molar-refractivity contribution is 6.68. The molecule has 1 aromatic carbocycles. The Balaban J connectivity index is 2.35. The molecule has 0 amide bonds. The molecular formula is C11H11Cl3N2O2. The van der Waals surface area contributed by atoms with Crippen LogP contribution >= 0.6 is 34.8 Å². The van der Waals surface area contributed by atoms with Crippen molar-refractivity contribution in [1.82, 2.24) is 0 Å². The number of nitrogens with two attached hydrogens (primary N) is 1. The predicted molar refractivity (Wildman–Crippen MR) is 72.1 cm³/mol. The average molecular weight is 310 g/mol. The molecule has 1 aromatic rings. The van der Waals surface area contributed by atoms with Gasteiger partial charge in [-0.1, -0.05) is 65.1 Å². The van der Waals surface area contributed by atoms with Crippen LogP contribution in [0.3, 0.4) is 0 Å². The second kappa shape index (κ2) is 5.23. The number of halogens is 3. The summed E-state index contributed by atoms with van der Waals surface area (Å²) in [5, 5.41) is 0. The second-order valence-electron chi connectivity index (χ2n) is 3.64. The van der Waals surface area contributed by atoms with Gasteiger partial charge in [-0.2, -0.15) is 0 Å². The fourth-order valence-corrected chi connectivity index (χ4v) is 1.98. The number of rotatable bonds is 2. The third kappa shape index (κ3) is 2.73. The standard InChI is InChI=1S/C11H11Cl3N2O2/c12-10(13,14)11(17-6-7-18-11)16-9(15)8-4-2-1-3-5-8/h1-5H,6-7H2,(H2,15,16). The summed E-state index contributed by atoms with van der Waals surface area (Å²) in [6.45, 7) is 0.582. The highest BCUT2D eigenvalue weighted by atomic mass is 35.6. The van der Waals surface area contributed by atoms with Crippen LogP contribution in [0.5, 0.6) is 0 Å². The Kier molecular flexibility index (Phi) is 4.04. The van der Waals surface area contributed by atoms with Crippen molar-refractivity contribution in [1.29, 1.82) is 0 Å². The highest BCUT2D eigenvalue weighted by Gasteiger charge is 2.55. The van der Waals surface area contributed by atoms with Gasteiger partial charge in [0.1, 0.15) is 5.84 Å². The van der Waals surface area contributed by atoms with Gasteiger partial charge in [0.2, 0.25) is 0 Å². The number of hydrogen-bond donors (Lipinski definition) is 1. The zero-order valence-corrected chi connectivity index (χ0v) is 11.5. The molecule has 1 aliphatic heterocycles. The van der Waals surface area contributed by atoms with Gasteiger partial charge in [0.25, 0.3) is 3.79 Å². The minimum atomic E-state index is -1.86. The minimum Gasteiger partial charge on any atom is -0.383 e. The predicted octanol–water partition coefficient (Wildman–Crippen LogP) is 2.46. The van der Waals surface area contributed by atoms with Gasteiger partial charge in [-0.05, 0) is 0 Å². The first-order valence-corrected chi connectivity index (χ1v) is 6.33.